The van der Waals surface area contributed by atoms with Crippen LogP contribution in [-0.4, -0.2) is 16.7 Å². The molecule has 3 rings (SSSR count). The van der Waals surface area contributed by atoms with Gasteiger partial charge in [0.15, 0.2) is 5.78 Å². The molecule has 1 aromatic heterocycles. The fourth-order valence-electron chi connectivity index (χ4n) is 2.36. The zero-order chi connectivity index (χ0) is 19.4. The number of Topliss-reactive ketones (excluding diaryl/α,β-unsaturated/α-hetero) is 1. The van der Waals surface area contributed by atoms with E-state index < -0.39 is 11.7 Å². The number of benzene rings is 2. The Balaban J connectivity index is 1.73. The largest absolute Gasteiger partial charge is 0.355 e. The minimum Gasteiger partial charge on any atom is -0.355 e. The minimum atomic E-state index is -0.507. The number of nitrogens with one attached hydrogen (secondary N) is 2. The molecule has 0 aliphatic carbocycles. The lowest BCUT2D eigenvalue weighted by Crippen LogP contribution is -2.14. The van der Waals surface area contributed by atoms with Crippen LogP contribution in [0.5, 0.6) is 0 Å². The second-order valence-electron chi connectivity index (χ2n) is 5.77. The highest BCUT2D eigenvalue weighted by Crippen LogP contribution is 2.23. The zero-order valence-electron chi connectivity index (χ0n) is 14.3. The SMILES string of the molecule is CC(=O)c1ccc(NC(=O)c2cc(Nc3ccc(F)c(Cl)c3)ccn2)cc1. The van der Waals surface area contributed by atoms with Gasteiger partial charge in [0.2, 0.25) is 0 Å². The summed E-state index contributed by atoms with van der Waals surface area (Å²) in [6.07, 6.45) is 1.49. The number of carbonyl (C=O) groups is 2. The van der Waals surface area contributed by atoms with Gasteiger partial charge in [-0.3, -0.25) is 14.6 Å². The molecule has 5 nitrogen and oxygen atoms in total. The van der Waals surface area contributed by atoms with Gasteiger partial charge in [0, 0.05) is 28.8 Å². The number of carbonyl (C=O) groups excluding carboxylic acids is 2. The van der Waals surface area contributed by atoms with Gasteiger partial charge in [-0.2, -0.15) is 0 Å². The van der Waals surface area contributed by atoms with Crippen LogP contribution in [0.15, 0.2) is 60.8 Å². The minimum absolute atomic E-state index is 0.000954. The van der Waals surface area contributed by atoms with Crippen molar-refractivity contribution >= 4 is 40.4 Å². The third kappa shape index (κ3) is 4.68. The van der Waals surface area contributed by atoms with E-state index in [1.807, 2.05) is 0 Å². The summed E-state index contributed by atoms with van der Waals surface area (Å²) in [7, 11) is 0. The van der Waals surface area contributed by atoms with Gasteiger partial charge in [-0.05, 0) is 61.5 Å². The van der Waals surface area contributed by atoms with Crippen LogP contribution in [0.2, 0.25) is 5.02 Å². The van der Waals surface area contributed by atoms with E-state index in [2.05, 4.69) is 15.6 Å². The summed E-state index contributed by atoms with van der Waals surface area (Å²) in [5.74, 6) is -0.951. The molecular formula is C20H15ClFN3O2. The van der Waals surface area contributed by atoms with Crippen molar-refractivity contribution in [3.05, 3.63) is 82.9 Å². The van der Waals surface area contributed by atoms with Gasteiger partial charge in [-0.25, -0.2) is 4.39 Å². The molecule has 0 saturated carbocycles. The molecule has 0 fully saturated rings. The third-order valence-corrected chi connectivity index (χ3v) is 4.04. The van der Waals surface area contributed by atoms with Gasteiger partial charge >= 0.3 is 0 Å². The first kappa shape index (κ1) is 18.5. The van der Waals surface area contributed by atoms with Gasteiger partial charge in [-0.1, -0.05) is 11.6 Å². The van der Waals surface area contributed by atoms with Crippen LogP contribution < -0.4 is 10.6 Å². The molecule has 2 N–H and O–H groups in total. The van der Waals surface area contributed by atoms with E-state index in [9.17, 15) is 14.0 Å². The summed E-state index contributed by atoms with van der Waals surface area (Å²) >= 11 is 5.77. The molecule has 1 heterocycles. The molecule has 0 spiro atoms. The number of halogens is 2. The molecule has 0 bridgehead atoms. The lowest BCUT2D eigenvalue weighted by molar-refractivity contribution is 0.101. The van der Waals surface area contributed by atoms with E-state index in [1.54, 1.807) is 36.4 Å². The lowest BCUT2D eigenvalue weighted by Gasteiger charge is -2.09. The van der Waals surface area contributed by atoms with Crippen molar-refractivity contribution in [1.29, 1.82) is 0 Å². The van der Waals surface area contributed by atoms with Gasteiger partial charge in [-0.15, -0.1) is 0 Å². The highest BCUT2D eigenvalue weighted by atomic mass is 35.5. The van der Waals surface area contributed by atoms with Crippen molar-refractivity contribution in [1.82, 2.24) is 4.98 Å². The monoisotopic (exact) mass is 383 g/mol. The smallest absolute Gasteiger partial charge is 0.274 e. The van der Waals surface area contributed by atoms with Crippen LogP contribution in [0, 0.1) is 5.82 Å². The lowest BCUT2D eigenvalue weighted by atomic mass is 10.1. The molecule has 0 radical (unpaired) electrons. The number of ketones is 1. The summed E-state index contributed by atoms with van der Waals surface area (Å²) in [6.45, 7) is 1.48. The Labute approximate surface area is 160 Å². The predicted molar refractivity (Wildman–Crippen MR) is 103 cm³/mol. The van der Waals surface area contributed by atoms with Crippen molar-refractivity contribution in [3.8, 4) is 0 Å². The average Bonchev–Trinajstić information content (AvgIpc) is 2.65. The van der Waals surface area contributed by atoms with Crippen LogP contribution in [0.3, 0.4) is 0 Å². The summed E-state index contributed by atoms with van der Waals surface area (Å²) < 4.78 is 13.2. The summed E-state index contributed by atoms with van der Waals surface area (Å²) in [5.41, 5.74) is 2.50. The van der Waals surface area contributed by atoms with E-state index in [4.69, 9.17) is 11.6 Å². The fourth-order valence-corrected chi connectivity index (χ4v) is 2.54. The molecule has 136 valence electrons. The number of aromatic nitrogens is 1. The number of rotatable bonds is 5. The molecule has 0 saturated heterocycles. The maximum absolute atomic E-state index is 13.2. The van der Waals surface area contributed by atoms with Crippen molar-refractivity contribution in [2.75, 3.05) is 10.6 Å². The second-order valence-corrected chi connectivity index (χ2v) is 6.18. The van der Waals surface area contributed by atoms with Gasteiger partial charge < -0.3 is 10.6 Å². The first-order valence-corrected chi connectivity index (χ1v) is 8.40. The Kier molecular flexibility index (Phi) is 5.47. The van der Waals surface area contributed by atoms with Gasteiger partial charge in [0.25, 0.3) is 5.91 Å². The number of nitrogens with zero attached hydrogens (tertiary/aromatic N) is 1. The Morgan fingerprint density at radius 1 is 0.963 bits per heavy atom. The molecule has 0 aliphatic heterocycles. The molecule has 0 aliphatic rings. The van der Waals surface area contributed by atoms with Crippen LogP contribution in [0.4, 0.5) is 21.5 Å². The zero-order valence-corrected chi connectivity index (χ0v) is 15.0. The topological polar surface area (TPSA) is 71.1 Å². The van der Waals surface area contributed by atoms with Crippen LogP contribution in [0.1, 0.15) is 27.8 Å². The van der Waals surface area contributed by atoms with Crippen molar-refractivity contribution < 1.29 is 14.0 Å². The number of anilines is 3. The summed E-state index contributed by atoms with van der Waals surface area (Å²) in [4.78, 5) is 27.8. The van der Waals surface area contributed by atoms with E-state index in [1.165, 1.54) is 31.3 Å². The Bertz CT molecular complexity index is 1010. The van der Waals surface area contributed by atoms with Crippen LogP contribution in [-0.2, 0) is 0 Å². The second kappa shape index (κ2) is 7.97. The molecule has 0 atom stereocenters. The van der Waals surface area contributed by atoms with E-state index >= 15 is 0 Å². The first-order valence-electron chi connectivity index (χ1n) is 8.03. The summed E-state index contributed by atoms with van der Waals surface area (Å²) in [6, 6.07) is 14.1. The Hall–Kier alpha value is -3.25. The van der Waals surface area contributed by atoms with Crippen molar-refractivity contribution in [2.24, 2.45) is 0 Å². The van der Waals surface area contributed by atoms with E-state index in [-0.39, 0.29) is 16.5 Å². The van der Waals surface area contributed by atoms with E-state index in [0.29, 0.717) is 22.6 Å². The highest BCUT2D eigenvalue weighted by Gasteiger charge is 2.10. The molecule has 2 aromatic carbocycles. The molecular weight excluding hydrogens is 369 g/mol. The van der Waals surface area contributed by atoms with Crippen molar-refractivity contribution in [2.45, 2.75) is 6.92 Å². The maximum Gasteiger partial charge on any atom is 0.274 e. The molecule has 1 amide bonds. The predicted octanol–water partition coefficient (Wildman–Crippen LogP) is 5.07. The van der Waals surface area contributed by atoms with Gasteiger partial charge in [0.05, 0.1) is 5.02 Å². The summed E-state index contributed by atoms with van der Waals surface area (Å²) in [5, 5.41) is 5.76. The quantitative estimate of drug-likeness (QED) is 0.603. The number of hydrogen-bond donors (Lipinski definition) is 2. The van der Waals surface area contributed by atoms with Crippen molar-refractivity contribution in [3.63, 3.8) is 0 Å². The standard InChI is InChI=1S/C20H15ClFN3O2/c1-12(26)13-2-4-14(5-3-13)25-20(27)19-11-16(8-9-23-19)24-15-6-7-18(22)17(21)10-15/h2-11H,1H3,(H,23,24)(H,25,27). The van der Waals surface area contributed by atoms with Gasteiger partial charge in [0.1, 0.15) is 11.5 Å². The average molecular weight is 384 g/mol. The normalized spacial score (nSPS) is 10.3. The Morgan fingerprint density at radius 2 is 1.63 bits per heavy atom. The first-order chi connectivity index (χ1) is 12.9. The maximum atomic E-state index is 13.2. The Morgan fingerprint density at radius 3 is 2.30 bits per heavy atom. The molecule has 3 aromatic rings. The number of amides is 1. The number of pyridine rings is 1. The molecule has 27 heavy (non-hydrogen) atoms. The number of hydrogen-bond acceptors (Lipinski definition) is 4. The van der Waals surface area contributed by atoms with E-state index in [0.717, 1.165) is 0 Å². The van der Waals surface area contributed by atoms with Crippen LogP contribution in [0.25, 0.3) is 0 Å². The fraction of sp³-hybridized carbons (Fsp3) is 0.0500. The molecule has 0 unspecified atom stereocenters. The van der Waals surface area contributed by atoms with Crippen LogP contribution >= 0.6 is 11.6 Å². The third-order valence-electron chi connectivity index (χ3n) is 3.75. The molecule has 7 heteroatoms. The highest BCUT2D eigenvalue weighted by molar-refractivity contribution is 6.31.